The number of rotatable bonds is 8. The van der Waals surface area contributed by atoms with Crippen LogP contribution in [0.3, 0.4) is 0 Å². The van der Waals surface area contributed by atoms with E-state index in [2.05, 4.69) is 20.7 Å². The number of aryl methyl sites for hydroxylation is 2. The zero-order valence-electron chi connectivity index (χ0n) is 17.8. The van der Waals surface area contributed by atoms with E-state index in [1.54, 1.807) is 0 Å². The fourth-order valence-corrected chi connectivity index (χ4v) is 2.90. The molecule has 0 radical (unpaired) electrons. The number of guanidine groups is 1. The van der Waals surface area contributed by atoms with Crippen LogP contribution in [0.4, 0.5) is 0 Å². The van der Waals surface area contributed by atoms with Gasteiger partial charge in [-0.1, -0.05) is 12.1 Å². The molecular formula is C21H33N5O2. The van der Waals surface area contributed by atoms with Crippen molar-refractivity contribution in [3.63, 3.8) is 0 Å². The summed E-state index contributed by atoms with van der Waals surface area (Å²) in [5, 5.41) is 21.3. The Morgan fingerprint density at radius 3 is 2.43 bits per heavy atom. The van der Waals surface area contributed by atoms with Crippen molar-refractivity contribution in [2.75, 3.05) is 13.1 Å². The molecule has 1 aromatic heterocycles. The van der Waals surface area contributed by atoms with Crippen LogP contribution in [0.2, 0.25) is 0 Å². The summed E-state index contributed by atoms with van der Waals surface area (Å²) in [6.07, 6.45) is -0.512. The molecule has 1 atom stereocenters. The quantitative estimate of drug-likeness (QED) is 0.479. The summed E-state index contributed by atoms with van der Waals surface area (Å²) in [5.74, 6) is 1.47. The average Bonchev–Trinajstić information content (AvgIpc) is 2.89. The second-order valence-electron chi connectivity index (χ2n) is 7.10. The minimum Gasteiger partial charge on any atom is -0.491 e. The van der Waals surface area contributed by atoms with E-state index in [0.717, 1.165) is 34.8 Å². The molecule has 0 saturated carbocycles. The van der Waals surface area contributed by atoms with Crippen LogP contribution in [0.15, 0.2) is 29.3 Å². The van der Waals surface area contributed by atoms with Crippen LogP contribution in [0.5, 0.6) is 5.75 Å². The van der Waals surface area contributed by atoms with E-state index in [1.807, 2.05) is 70.6 Å². The van der Waals surface area contributed by atoms with E-state index in [0.29, 0.717) is 19.0 Å². The summed E-state index contributed by atoms with van der Waals surface area (Å²) in [5.41, 5.74) is 4.06. The maximum absolute atomic E-state index is 10.5. The number of hydrogen-bond acceptors (Lipinski definition) is 4. The standard InChI is InChI=1S/C21H33N5O2/c1-7-22-21(23-12-19-15(4)25-26(6)16(19)5)24-13-20(27)17-8-10-18(11-9-17)28-14(2)3/h8-11,14,20,27H,7,12-13H2,1-6H3,(H2,22,23,24). The van der Waals surface area contributed by atoms with E-state index in [1.165, 1.54) is 0 Å². The second kappa shape index (κ2) is 10.1. The molecule has 0 aliphatic heterocycles. The van der Waals surface area contributed by atoms with Gasteiger partial charge in [0, 0.05) is 31.4 Å². The highest BCUT2D eigenvalue weighted by atomic mass is 16.5. The lowest BCUT2D eigenvalue weighted by atomic mass is 10.1. The summed E-state index contributed by atoms with van der Waals surface area (Å²) in [7, 11) is 1.94. The third-order valence-electron chi connectivity index (χ3n) is 4.50. The van der Waals surface area contributed by atoms with Crippen molar-refractivity contribution in [2.45, 2.75) is 53.4 Å². The van der Waals surface area contributed by atoms with E-state index in [4.69, 9.17) is 4.74 Å². The van der Waals surface area contributed by atoms with Crippen LogP contribution < -0.4 is 15.4 Å². The average molecular weight is 388 g/mol. The lowest BCUT2D eigenvalue weighted by Gasteiger charge is -2.16. The first-order chi connectivity index (χ1) is 13.3. The van der Waals surface area contributed by atoms with Crippen LogP contribution in [0.1, 0.15) is 49.4 Å². The highest BCUT2D eigenvalue weighted by molar-refractivity contribution is 5.79. The molecule has 0 saturated heterocycles. The van der Waals surface area contributed by atoms with Crippen LogP contribution in [0, 0.1) is 13.8 Å². The van der Waals surface area contributed by atoms with Crippen molar-refractivity contribution in [1.82, 2.24) is 20.4 Å². The summed E-state index contributed by atoms with van der Waals surface area (Å²) in [4.78, 5) is 4.64. The minimum absolute atomic E-state index is 0.128. The van der Waals surface area contributed by atoms with Crippen molar-refractivity contribution < 1.29 is 9.84 Å². The fourth-order valence-electron chi connectivity index (χ4n) is 2.90. The Bertz CT molecular complexity index is 781. The van der Waals surface area contributed by atoms with E-state index >= 15 is 0 Å². The number of nitrogens with one attached hydrogen (secondary N) is 2. The molecule has 7 nitrogen and oxygen atoms in total. The maximum Gasteiger partial charge on any atom is 0.191 e. The SMILES string of the molecule is CCNC(=NCc1c(C)nn(C)c1C)NCC(O)c1ccc(OC(C)C)cc1. The van der Waals surface area contributed by atoms with Crippen molar-refractivity contribution in [3.8, 4) is 5.75 Å². The van der Waals surface area contributed by atoms with Gasteiger partial charge in [-0.05, 0) is 52.3 Å². The van der Waals surface area contributed by atoms with Gasteiger partial charge in [-0.2, -0.15) is 5.10 Å². The molecule has 0 aliphatic carbocycles. The first-order valence-corrected chi connectivity index (χ1v) is 9.77. The molecule has 0 amide bonds. The van der Waals surface area contributed by atoms with Gasteiger partial charge in [0.2, 0.25) is 0 Å². The normalized spacial score (nSPS) is 12.9. The third kappa shape index (κ3) is 5.99. The lowest BCUT2D eigenvalue weighted by molar-refractivity contribution is 0.180. The molecule has 0 fully saturated rings. The van der Waals surface area contributed by atoms with Gasteiger partial charge >= 0.3 is 0 Å². The first-order valence-electron chi connectivity index (χ1n) is 9.77. The molecule has 2 rings (SSSR count). The van der Waals surface area contributed by atoms with Crippen molar-refractivity contribution >= 4 is 5.96 Å². The predicted molar refractivity (Wildman–Crippen MR) is 113 cm³/mol. The van der Waals surface area contributed by atoms with Gasteiger partial charge in [0.25, 0.3) is 0 Å². The van der Waals surface area contributed by atoms with Crippen molar-refractivity contribution in [2.24, 2.45) is 12.0 Å². The third-order valence-corrected chi connectivity index (χ3v) is 4.50. The van der Waals surface area contributed by atoms with Gasteiger partial charge in [0.15, 0.2) is 5.96 Å². The molecule has 28 heavy (non-hydrogen) atoms. The molecule has 154 valence electrons. The Kier molecular flexibility index (Phi) is 7.87. The number of aromatic nitrogens is 2. The summed E-state index contributed by atoms with van der Waals surface area (Å²) in [6, 6.07) is 7.53. The van der Waals surface area contributed by atoms with Gasteiger partial charge in [0.05, 0.1) is 24.4 Å². The topological polar surface area (TPSA) is 83.7 Å². The monoisotopic (exact) mass is 387 g/mol. The van der Waals surface area contributed by atoms with Crippen molar-refractivity contribution in [3.05, 3.63) is 46.8 Å². The second-order valence-corrected chi connectivity index (χ2v) is 7.10. The van der Waals surface area contributed by atoms with Gasteiger partial charge in [-0.3, -0.25) is 4.68 Å². The fraction of sp³-hybridized carbons (Fsp3) is 0.524. The zero-order valence-corrected chi connectivity index (χ0v) is 17.8. The number of hydrogen-bond donors (Lipinski definition) is 3. The number of aliphatic hydroxyl groups is 1. The smallest absolute Gasteiger partial charge is 0.191 e. The first kappa shape index (κ1) is 21.8. The largest absolute Gasteiger partial charge is 0.491 e. The summed E-state index contributed by atoms with van der Waals surface area (Å²) >= 11 is 0. The molecule has 0 spiro atoms. The van der Waals surface area contributed by atoms with Crippen LogP contribution >= 0.6 is 0 Å². The van der Waals surface area contributed by atoms with Crippen molar-refractivity contribution in [1.29, 1.82) is 0 Å². The number of benzene rings is 1. The molecule has 1 heterocycles. The zero-order chi connectivity index (χ0) is 20.7. The summed E-state index contributed by atoms with van der Waals surface area (Å²) in [6.45, 7) is 11.7. The molecular weight excluding hydrogens is 354 g/mol. The minimum atomic E-state index is -0.640. The summed E-state index contributed by atoms with van der Waals surface area (Å²) < 4.78 is 7.51. The molecule has 2 aromatic rings. The van der Waals surface area contributed by atoms with Gasteiger partial charge in [-0.15, -0.1) is 0 Å². The van der Waals surface area contributed by atoms with Gasteiger partial charge in [0.1, 0.15) is 5.75 Å². The maximum atomic E-state index is 10.5. The van der Waals surface area contributed by atoms with Crippen LogP contribution in [-0.4, -0.2) is 40.0 Å². The number of aliphatic imine (C=N–C) groups is 1. The highest BCUT2D eigenvalue weighted by Crippen LogP contribution is 2.18. The Morgan fingerprint density at radius 2 is 1.89 bits per heavy atom. The Labute approximate surface area is 167 Å². The van der Waals surface area contributed by atoms with E-state index in [-0.39, 0.29) is 6.10 Å². The molecule has 0 aliphatic rings. The van der Waals surface area contributed by atoms with Gasteiger partial charge in [-0.25, -0.2) is 4.99 Å². The molecule has 1 aromatic carbocycles. The number of nitrogens with zero attached hydrogens (tertiary/aromatic N) is 3. The Morgan fingerprint density at radius 1 is 1.21 bits per heavy atom. The Balaban J connectivity index is 1.98. The number of ether oxygens (including phenoxy) is 1. The predicted octanol–water partition coefficient (Wildman–Crippen LogP) is 2.61. The molecule has 1 unspecified atom stereocenters. The van der Waals surface area contributed by atoms with E-state index < -0.39 is 6.10 Å². The molecule has 0 bridgehead atoms. The molecule has 7 heteroatoms. The Hall–Kier alpha value is -2.54. The van der Waals surface area contributed by atoms with Gasteiger partial charge < -0.3 is 20.5 Å². The molecule has 3 N–H and O–H groups in total. The van der Waals surface area contributed by atoms with Crippen LogP contribution in [-0.2, 0) is 13.6 Å². The lowest BCUT2D eigenvalue weighted by Crippen LogP contribution is -2.39. The van der Waals surface area contributed by atoms with E-state index in [9.17, 15) is 5.11 Å². The van der Waals surface area contributed by atoms with Crippen LogP contribution in [0.25, 0.3) is 0 Å². The highest BCUT2D eigenvalue weighted by Gasteiger charge is 2.11. The number of aliphatic hydroxyl groups excluding tert-OH is 1.